The van der Waals surface area contributed by atoms with Crippen molar-refractivity contribution in [3.8, 4) is 0 Å². The molecule has 0 bridgehead atoms. The average Bonchev–Trinajstić information content (AvgIpc) is 3.16. The second-order valence-corrected chi connectivity index (χ2v) is 8.02. The van der Waals surface area contributed by atoms with Gasteiger partial charge in [0.1, 0.15) is 0 Å². The molecule has 9 heteroatoms. The lowest BCUT2D eigenvalue weighted by Gasteiger charge is -2.22. The van der Waals surface area contributed by atoms with Crippen LogP contribution in [0.25, 0.3) is 0 Å². The quantitative estimate of drug-likeness (QED) is 0.400. The highest BCUT2D eigenvalue weighted by atomic mass is 16.5. The number of ether oxygens (including phenoxy) is 2. The zero-order valence-corrected chi connectivity index (χ0v) is 19.5. The van der Waals surface area contributed by atoms with Crippen LogP contribution in [0.1, 0.15) is 60.0 Å². The van der Waals surface area contributed by atoms with E-state index in [1.54, 1.807) is 6.92 Å². The number of rotatable bonds is 7. The molecule has 1 aliphatic rings. The SMILES string of the molecule is COC(=O)c1ccc(NC(=O)COC(=O)c2ccc3c(c2)C(=O)N([C@H](C)c2ccccc2)C3=O)cc1. The van der Waals surface area contributed by atoms with Crippen molar-refractivity contribution in [3.05, 3.63) is 101 Å². The largest absolute Gasteiger partial charge is 0.465 e. The van der Waals surface area contributed by atoms with E-state index in [-0.39, 0.29) is 16.7 Å². The highest BCUT2D eigenvalue weighted by molar-refractivity contribution is 6.22. The second kappa shape index (κ2) is 10.2. The molecule has 4 rings (SSSR count). The van der Waals surface area contributed by atoms with Gasteiger partial charge in [-0.25, -0.2) is 9.59 Å². The summed E-state index contributed by atoms with van der Waals surface area (Å²) < 4.78 is 9.69. The van der Waals surface area contributed by atoms with Gasteiger partial charge in [-0.05, 0) is 55.0 Å². The van der Waals surface area contributed by atoms with Crippen molar-refractivity contribution in [3.63, 3.8) is 0 Å². The monoisotopic (exact) mass is 486 g/mol. The highest BCUT2D eigenvalue weighted by Crippen LogP contribution is 2.31. The molecule has 1 heterocycles. The summed E-state index contributed by atoms with van der Waals surface area (Å²) in [6, 6.07) is 18.8. The maximum Gasteiger partial charge on any atom is 0.338 e. The van der Waals surface area contributed by atoms with Gasteiger partial charge in [-0.15, -0.1) is 0 Å². The molecule has 1 atom stereocenters. The summed E-state index contributed by atoms with van der Waals surface area (Å²) in [4.78, 5) is 63.2. The molecule has 0 aromatic heterocycles. The number of fused-ring (bicyclic) bond motifs is 1. The Kier molecular flexibility index (Phi) is 6.91. The van der Waals surface area contributed by atoms with Crippen molar-refractivity contribution < 1.29 is 33.4 Å². The standard InChI is InChI=1S/C27H22N2O7/c1-16(17-6-4-3-5-7-17)29-24(31)21-13-10-19(14-22(21)25(29)32)27(34)36-15-23(30)28-20-11-8-18(9-12-20)26(33)35-2/h3-14,16H,15H2,1-2H3,(H,28,30)/t16-/m1/s1. The Morgan fingerprint density at radius 1 is 0.833 bits per heavy atom. The third-order valence-corrected chi connectivity index (χ3v) is 5.75. The van der Waals surface area contributed by atoms with Gasteiger partial charge >= 0.3 is 11.9 Å². The zero-order chi connectivity index (χ0) is 25.8. The summed E-state index contributed by atoms with van der Waals surface area (Å²) in [5, 5.41) is 2.55. The van der Waals surface area contributed by atoms with Gasteiger partial charge in [0.15, 0.2) is 6.61 Å². The van der Waals surface area contributed by atoms with Gasteiger partial charge in [0, 0.05) is 5.69 Å². The first kappa shape index (κ1) is 24.3. The van der Waals surface area contributed by atoms with Gasteiger partial charge in [0.25, 0.3) is 17.7 Å². The molecule has 0 spiro atoms. The van der Waals surface area contributed by atoms with E-state index in [0.717, 1.165) is 10.5 Å². The summed E-state index contributed by atoms with van der Waals surface area (Å²) in [5.41, 5.74) is 1.87. The number of carbonyl (C=O) groups is 5. The molecule has 9 nitrogen and oxygen atoms in total. The Balaban J connectivity index is 1.39. The van der Waals surface area contributed by atoms with Crippen LogP contribution in [-0.4, -0.2) is 48.3 Å². The van der Waals surface area contributed by atoms with Crippen molar-refractivity contribution in [1.82, 2.24) is 4.90 Å². The number of hydrogen-bond donors (Lipinski definition) is 1. The average molecular weight is 486 g/mol. The van der Waals surface area contributed by atoms with Crippen LogP contribution >= 0.6 is 0 Å². The molecule has 0 aliphatic carbocycles. The van der Waals surface area contributed by atoms with Gasteiger partial charge in [0.2, 0.25) is 0 Å². The molecule has 0 unspecified atom stereocenters. The number of anilines is 1. The predicted molar refractivity (Wildman–Crippen MR) is 128 cm³/mol. The van der Waals surface area contributed by atoms with Gasteiger partial charge < -0.3 is 14.8 Å². The smallest absolute Gasteiger partial charge is 0.338 e. The number of amides is 3. The number of carbonyl (C=O) groups excluding carboxylic acids is 5. The first-order chi connectivity index (χ1) is 17.3. The van der Waals surface area contributed by atoms with E-state index in [1.165, 1.54) is 49.6 Å². The van der Waals surface area contributed by atoms with Crippen LogP contribution in [0.15, 0.2) is 72.8 Å². The molecule has 182 valence electrons. The van der Waals surface area contributed by atoms with Gasteiger partial charge in [-0.1, -0.05) is 30.3 Å². The van der Waals surface area contributed by atoms with Gasteiger partial charge in [0.05, 0.1) is 35.4 Å². The molecule has 0 saturated carbocycles. The molecule has 1 N–H and O–H groups in total. The van der Waals surface area contributed by atoms with Crippen LogP contribution in [0.5, 0.6) is 0 Å². The van der Waals surface area contributed by atoms with Crippen LogP contribution in [0.2, 0.25) is 0 Å². The number of esters is 2. The predicted octanol–water partition coefficient (Wildman–Crippen LogP) is 3.63. The van der Waals surface area contributed by atoms with E-state index in [1.807, 2.05) is 30.3 Å². The summed E-state index contributed by atoms with van der Waals surface area (Å²) in [6.45, 7) is 1.19. The fraction of sp³-hybridized carbons (Fsp3) is 0.148. The number of nitrogens with one attached hydrogen (secondary N) is 1. The van der Waals surface area contributed by atoms with Crippen molar-refractivity contribution in [2.75, 3.05) is 19.0 Å². The molecule has 3 amide bonds. The number of methoxy groups -OCH3 is 1. The Bertz CT molecular complexity index is 1350. The number of benzene rings is 3. The van der Waals surface area contributed by atoms with Crippen molar-refractivity contribution in [1.29, 1.82) is 0 Å². The van der Waals surface area contributed by atoms with E-state index < -0.39 is 42.3 Å². The first-order valence-electron chi connectivity index (χ1n) is 11.0. The van der Waals surface area contributed by atoms with Crippen molar-refractivity contribution in [2.45, 2.75) is 13.0 Å². The number of hydrogen-bond acceptors (Lipinski definition) is 7. The van der Waals surface area contributed by atoms with Crippen molar-refractivity contribution >= 4 is 35.3 Å². The third-order valence-electron chi connectivity index (χ3n) is 5.75. The fourth-order valence-electron chi connectivity index (χ4n) is 3.84. The zero-order valence-electron chi connectivity index (χ0n) is 19.5. The van der Waals surface area contributed by atoms with Crippen LogP contribution in [-0.2, 0) is 14.3 Å². The molecule has 36 heavy (non-hydrogen) atoms. The molecule has 0 radical (unpaired) electrons. The summed E-state index contributed by atoms with van der Waals surface area (Å²) in [7, 11) is 1.27. The number of imide groups is 1. The van der Waals surface area contributed by atoms with Crippen LogP contribution < -0.4 is 5.32 Å². The summed E-state index contributed by atoms with van der Waals surface area (Å²) in [5.74, 6) is -2.86. The van der Waals surface area contributed by atoms with Gasteiger partial charge in [-0.3, -0.25) is 19.3 Å². The topological polar surface area (TPSA) is 119 Å². The van der Waals surface area contributed by atoms with Crippen LogP contribution in [0, 0.1) is 0 Å². The lowest BCUT2D eigenvalue weighted by Crippen LogP contribution is -2.32. The maximum atomic E-state index is 13.0. The number of nitrogens with zero attached hydrogens (tertiary/aromatic N) is 1. The first-order valence-corrected chi connectivity index (χ1v) is 11.0. The van der Waals surface area contributed by atoms with Crippen LogP contribution in [0.3, 0.4) is 0 Å². The second-order valence-electron chi connectivity index (χ2n) is 8.02. The molecule has 3 aromatic rings. The maximum absolute atomic E-state index is 13.0. The van der Waals surface area contributed by atoms with E-state index in [0.29, 0.717) is 11.3 Å². The molecule has 0 saturated heterocycles. The van der Waals surface area contributed by atoms with Gasteiger partial charge in [-0.2, -0.15) is 0 Å². The molecule has 0 fully saturated rings. The lowest BCUT2D eigenvalue weighted by molar-refractivity contribution is -0.119. The van der Waals surface area contributed by atoms with E-state index in [9.17, 15) is 24.0 Å². The summed E-state index contributed by atoms with van der Waals surface area (Å²) in [6.07, 6.45) is 0. The van der Waals surface area contributed by atoms with Crippen molar-refractivity contribution in [2.24, 2.45) is 0 Å². The minimum Gasteiger partial charge on any atom is -0.465 e. The molecular weight excluding hydrogens is 464 g/mol. The van der Waals surface area contributed by atoms with Crippen LogP contribution in [0.4, 0.5) is 5.69 Å². The molecule has 3 aromatic carbocycles. The third kappa shape index (κ3) is 4.85. The Morgan fingerprint density at radius 3 is 2.14 bits per heavy atom. The lowest BCUT2D eigenvalue weighted by atomic mass is 10.1. The molecule has 1 aliphatic heterocycles. The minimum atomic E-state index is -0.816. The minimum absolute atomic E-state index is 0.0411. The van der Waals surface area contributed by atoms with E-state index >= 15 is 0 Å². The van der Waals surface area contributed by atoms with E-state index in [4.69, 9.17) is 4.74 Å². The Labute approximate surface area is 206 Å². The Hall–Kier alpha value is -4.79. The highest BCUT2D eigenvalue weighted by Gasteiger charge is 2.39. The fourth-order valence-corrected chi connectivity index (χ4v) is 3.84. The van der Waals surface area contributed by atoms with E-state index in [2.05, 4.69) is 10.1 Å². The summed E-state index contributed by atoms with van der Waals surface area (Å²) >= 11 is 0. The molecular formula is C27H22N2O7. The Morgan fingerprint density at radius 2 is 1.47 bits per heavy atom. The normalized spacial score (nSPS) is 13.1.